The van der Waals surface area contributed by atoms with Crippen LogP contribution in [0.4, 0.5) is 0 Å². The van der Waals surface area contributed by atoms with Gasteiger partial charge < -0.3 is 20.1 Å². The molecule has 0 saturated carbocycles. The molecule has 1 aromatic heterocycles. The van der Waals surface area contributed by atoms with Crippen molar-refractivity contribution in [1.29, 1.82) is 0 Å². The van der Waals surface area contributed by atoms with Crippen molar-refractivity contribution in [3.05, 3.63) is 82.0 Å². The average molecular weight is 521 g/mol. The molecule has 1 saturated heterocycles. The quantitative estimate of drug-likeness (QED) is 0.444. The van der Waals surface area contributed by atoms with E-state index in [0.717, 1.165) is 38.3 Å². The molecule has 5 rings (SSSR count). The van der Waals surface area contributed by atoms with Crippen LogP contribution in [0.3, 0.4) is 0 Å². The third-order valence-electron chi connectivity index (χ3n) is 6.81. The summed E-state index contributed by atoms with van der Waals surface area (Å²) in [5.41, 5.74) is 2.15. The zero-order valence-electron chi connectivity index (χ0n) is 20.9. The van der Waals surface area contributed by atoms with Crippen molar-refractivity contribution >= 4 is 23.2 Å². The van der Waals surface area contributed by atoms with E-state index in [1.807, 2.05) is 31.2 Å². The lowest BCUT2D eigenvalue weighted by molar-refractivity contribution is -0.140. The van der Waals surface area contributed by atoms with Gasteiger partial charge in [0, 0.05) is 50.2 Å². The van der Waals surface area contributed by atoms with Crippen molar-refractivity contribution in [3.63, 3.8) is 0 Å². The lowest BCUT2D eigenvalue weighted by atomic mass is 10.0. The van der Waals surface area contributed by atoms with E-state index in [1.54, 1.807) is 17.4 Å². The molecule has 3 heterocycles. The molecule has 37 heavy (non-hydrogen) atoms. The number of thiophene rings is 1. The Balaban J connectivity index is 1.16. The van der Waals surface area contributed by atoms with E-state index >= 15 is 0 Å². The summed E-state index contributed by atoms with van der Waals surface area (Å²) >= 11 is 1.68. The molecule has 0 unspecified atom stereocenters. The zero-order chi connectivity index (χ0) is 25.6. The van der Waals surface area contributed by atoms with E-state index in [0.29, 0.717) is 11.5 Å². The van der Waals surface area contributed by atoms with Crippen molar-refractivity contribution in [2.75, 3.05) is 33.0 Å². The van der Waals surface area contributed by atoms with Gasteiger partial charge in [-0.25, -0.2) is 0 Å². The van der Waals surface area contributed by atoms with Crippen LogP contribution in [0.15, 0.2) is 66.0 Å². The fourth-order valence-corrected chi connectivity index (χ4v) is 5.87. The minimum atomic E-state index is -0.651. The number of carbonyl (C=O) groups is 2. The van der Waals surface area contributed by atoms with Crippen LogP contribution < -0.4 is 20.1 Å². The predicted octanol–water partition coefficient (Wildman–Crippen LogP) is 3.16. The zero-order valence-corrected chi connectivity index (χ0v) is 21.7. The van der Waals surface area contributed by atoms with E-state index in [9.17, 15) is 9.59 Å². The van der Waals surface area contributed by atoms with Gasteiger partial charge in [-0.1, -0.05) is 42.5 Å². The fraction of sp³-hybridized carbons (Fsp3) is 0.357. The summed E-state index contributed by atoms with van der Waals surface area (Å²) in [6, 6.07) is 19.9. The highest BCUT2D eigenvalue weighted by Crippen LogP contribution is 2.32. The lowest BCUT2D eigenvalue weighted by Gasteiger charge is -2.41. The molecule has 2 aliphatic rings. The highest BCUT2D eigenvalue weighted by atomic mass is 32.1. The minimum Gasteiger partial charge on any atom is -0.454 e. The number of ether oxygens (including phenoxy) is 2. The molecule has 9 heteroatoms. The molecule has 0 radical (unpaired) electrons. The van der Waals surface area contributed by atoms with Gasteiger partial charge in [0.05, 0.1) is 6.04 Å². The van der Waals surface area contributed by atoms with Gasteiger partial charge in [-0.15, -0.1) is 11.3 Å². The van der Waals surface area contributed by atoms with Crippen LogP contribution in [-0.2, 0) is 22.7 Å². The maximum Gasteiger partial charge on any atom is 0.309 e. The van der Waals surface area contributed by atoms with Gasteiger partial charge in [0.2, 0.25) is 6.79 Å². The molecule has 2 atom stereocenters. The molecular weight excluding hydrogens is 488 g/mol. The number of rotatable bonds is 8. The maximum atomic E-state index is 12.8. The van der Waals surface area contributed by atoms with E-state index in [4.69, 9.17) is 9.47 Å². The highest BCUT2D eigenvalue weighted by molar-refractivity contribution is 7.10. The second-order valence-corrected chi connectivity index (χ2v) is 10.4. The number of carbonyl (C=O) groups excluding carboxylic acids is 2. The minimum absolute atomic E-state index is 0.00415. The molecule has 3 aromatic rings. The average Bonchev–Trinajstić information content (AvgIpc) is 3.61. The van der Waals surface area contributed by atoms with E-state index in [-0.39, 0.29) is 25.4 Å². The largest absolute Gasteiger partial charge is 0.454 e. The van der Waals surface area contributed by atoms with E-state index in [2.05, 4.69) is 56.1 Å². The van der Waals surface area contributed by atoms with Crippen molar-refractivity contribution < 1.29 is 19.1 Å². The number of amides is 2. The Kier molecular flexibility index (Phi) is 8.03. The van der Waals surface area contributed by atoms with Crippen LogP contribution in [0.5, 0.6) is 11.5 Å². The molecule has 194 valence electrons. The van der Waals surface area contributed by atoms with Crippen LogP contribution in [0.1, 0.15) is 29.0 Å². The number of piperazine rings is 1. The summed E-state index contributed by atoms with van der Waals surface area (Å²) < 4.78 is 10.7. The van der Waals surface area contributed by atoms with Crippen LogP contribution in [-0.4, -0.2) is 60.6 Å². The van der Waals surface area contributed by atoms with Crippen LogP contribution >= 0.6 is 11.3 Å². The van der Waals surface area contributed by atoms with Gasteiger partial charge in [-0.05, 0) is 41.6 Å². The SMILES string of the molecule is C[C@@H](NC(=O)C(=O)NCc1ccc2c(c1)OCO2)[C@H](c1cccs1)N1CCN(Cc2ccccc2)CC1. The standard InChI is InChI=1S/C28H32N4O4S/c1-20(30-28(34)27(33)29-17-22-9-10-23-24(16-22)36-19-35-23)26(25-8-5-15-37-25)32-13-11-31(12-14-32)18-21-6-3-2-4-7-21/h2-10,15-16,20,26H,11-14,17-19H2,1H3,(H,29,33)(H,30,34)/t20-,26-/m1/s1. The van der Waals surface area contributed by atoms with Crippen LogP contribution in [0.25, 0.3) is 0 Å². The first-order chi connectivity index (χ1) is 18.1. The third kappa shape index (κ3) is 6.30. The predicted molar refractivity (Wildman–Crippen MR) is 142 cm³/mol. The Morgan fingerprint density at radius 2 is 1.70 bits per heavy atom. The van der Waals surface area contributed by atoms with Gasteiger partial charge >= 0.3 is 11.8 Å². The number of nitrogens with zero attached hydrogens (tertiary/aromatic N) is 2. The molecule has 2 N–H and O–H groups in total. The summed E-state index contributed by atoms with van der Waals surface area (Å²) in [7, 11) is 0. The molecule has 0 aliphatic carbocycles. The smallest absolute Gasteiger partial charge is 0.309 e. The summed E-state index contributed by atoms with van der Waals surface area (Å²) in [6.07, 6.45) is 0. The lowest BCUT2D eigenvalue weighted by Crippen LogP contribution is -2.53. The molecular formula is C28H32N4O4S. The second-order valence-electron chi connectivity index (χ2n) is 9.39. The first-order valence-electron chi connectivity index (χ1n) is 12.6. The molecule has 0 bridgehead atoms. The van der Waals surface area contributed by atoms with Crippen LogP contribution in [0, 0.1) is 0 Å². The van der Waals surface area contributed by atoms with Crippen molar-refractivity contribution in [1.82, 2.24) is 20.4 Å². The summed E-state index contributed by atoms with van der Waals surface area (Å²) in [5, 5.41) is 7.72. The van der Waals surface area contributed by atoms with Crippen molar-refractivity contribution in [3.8, 4) is 11.5 Å². The first kappa shape index (κ1) is 25.3. The fourth-order valence-electron chi connectivity index (χ4n) is 4.91. The van der Waals surface area contributed by atoms with Crippen molar-refractivity contribution in [2.24, 2.45) is 0 Å². The van der Waals surface area contributed by atoms with Gasteiger partial charge in [0.25, 0.3) is 0 Å². The van der Waals surface area contributed by atoms with Gasteiger partial charge in [0.15, 0.2) is 11.5 Å². The second kappa shape index (κ2) is 11.8. The van der Waals surface area contributed by atoms with Crippen molar-refractivity contribution in [2.45, 2.75) is 32.1 Å². The summed E-state index contributed by atoms with van der Waals surface area (Å²) in [4.78, 5) is 31.4. The Labute approximate surface area is 221 Å². The number of benzene rings is 2. The number of hydrogen-bond acceptors (Lipinski definition) is 7. The number of hydrogen-bond donors (Lipinski definition) is 2. The third-order valence-corrected chi connectivity index (χ3v) is 7.76. The topological polar surface area (TPSA) is 83.1 Å². The monoisotopic (exact) mass is 520 g/mol. The summed E-state index contributed by atoms with van der Waals surface area (Å²) in [5.74, 6) is 0.0503. The Morgan fingerprint density at radius 3 is 2.46 bits per heavy atom. The summed E-state index contributed by atoms with van der Waals surface area (Å²) in [6.45, 7) is 7.03. The van der Waals surface area contributed by atoms with E-state index in [1.165, 1.54) is 10.4 Å². The number of nitrogens with one attached hydrogen (secondary N) is 2. The highest BCUT2D eigenvalue weighted by Gasteiger charge is 2.32. The first-order valence-corrected chi connectivity index (χ1v) is 13.5. The molecule has 2 aliphatic heterocycles. The van der Waals surface area contributed by atoms with E-state index < -0.39 is 11.8 Å². The van der Waals surface area contributed by atoms with Gasteiger partial charge in [-0.2, -0.15) is 0 Å². The molecule has 2 aromatic carbocycles. The molecule has 8 nitrogen and oxygen atoms in total. The molecule has 0 spiro atoms. The van der Waals surface area contributed by atoms with Gasteiger partial charge in [-0.3, -0.25) is 19.4 Å². The Hall–Kier alpha value is -3.40. The molecule has 1 fully saturated rings. The molecule has 2 amide bonds. The Morgan fingerprint density at radius 1 is 0.919 bits per heavy atom. The number of fused-ring (bicyclic) bond motifs is 1. The van der Waals surface area contributed by atoms with Crippen LogP contribution in [0.2, 0.25) is 0 Å². The normalized spacial score (nSPS) is 17.2. The maximum absolute atomic E-state index is 12.8. The Bertz CT molecular complexity index is 1200. The van der Waals surface area contributed by atoms with Gasteiger partial charge in [0.1, 0.15) is 0 Å².